The summed E-state index contributed by atoms with van der Waals surface area (Å²) in [7, 11) is 1.57. The molecule has 0 atom stereocenters. The summed E-state index contributed by atoms with van der Waals surface area (Å²) in [5.41, 5.74) is 1.59. The summed E-state index contributed by atoms with van der Waals surface area (Å²) in [5, 5.41) is 2.67. The summed E-state index contributed by atoms with van der Waals surface area (Å²) in [5.74, 6) is 0. The zero-order valence-electron chi connectivity index (χ0n) is 7.97. The highest BCUT2D eigenvalue weighted by molar-refractivity contribution is 5.50. The molecule has 0 aliphatic rings. The number of nitrogens with one attached hydrogen (secondary N) is 1. The lowest BCUT2D eigenvalue weighted by atomic mass is 10.2. The Morgan fingerprint density at radius 2 is 2.07 bits per heavy atom. The molecule has 0 aliphatic carbocycles. The van der Waals surface area contributed by atoms with Crippen molar-refractivity contribution >= 4 is 5.69 Å². The number of benzene rings is 1. The third kappa shape index (κ3) is 3.30. The van der Waals surface area contributed by atoms with Gasteiger partial charge in [0.15, 0.2) is 0 Å². The van der Waals surface area contributed by atoms with E-state index in [1.807, 2.05) is 12.1 Å². The molecule has 0 spiro atoms. The number of hydrogen-bond acceptors (Lipinski definition) is 2. The molecule has 2 nitrogen and oxygen atoms in total. The van der Waals surface area contributed by atoms with Crippen molar-refractivity contribution in [1.29, 1.82) is 0 Å². The van der Waals surface area contributed by atoms with E-state index < -0.39 is 6.43 Å². The van der Waals surface area contributed by atoms with E-state index in [1.54, 1.807) is 19.2 Å². The predicted octanol–water partition coefficient (Wildman–Crippen LogP) is 2.51. The molecular formula is C10H13F2NO. The van der Waals surface area contributed by atoms with Gasteiger partial charge in [0.25, 0.3) is 6.43 Å². The highest BCUT2D eigenvalue weighted by Gasteiger charge is 2.04. The van der Waals surface area contributed by atoms with E-state index >= 15 is 0 Å². The standard InChI is InChI=1S/C10H13F2NO/c1-14-7-8-4-2-3-5-9(8)13-6-10(11)12/h2-5,10,13H,6-7H2,1H3. The minimum atomic E-state index is -2.34. The van der Waals surface area contributed by atoms with Crippen LogP contribution in [0.25, 0.3) is 0 Å². The van der Waals surface area contributed by atoms with E-state index in [-0.39, 0.29) is 6.54 Å². The maximum Gasteiger partial charge on any atom is 0.255 e. The number of rotatable bonds is 5. The predicted molar refractivity (Wildman–Crippen MR) is 51.6 cm³/mol. The minimum absolute atomic E-state index is 0.333. The molecule has 14 heavy (non-hydrogen) atoms. The van der Waals surface area contributed by atoms with Crippen LogP contribution in [0, 0.1) is 0 Å². The zero-order chi connectivity index (χ0) is 10.4. The van der Waals surface area contributed by atoms with Gasteiger partial charge in [-0.15, -0.1) is 0 Å². The van der Waals surface area contributed by atoms with E-state index in [9.17, 15) is 8.78 Å². The van der Waals surface area contributed by atoms with Crippen LogP contribution in [0.5, 0.6) is 0 Å². The quantitative estimate of drug-likeness (QED) is 0.790. The lowest BCUT2D eigenvalue weighted by molar-refractivity contribution is 0.163. The van der Waals surface area contributed by atoms with Gasteiger partial charge in [0, 0.05) is 18.4 Å². The Morgan fingerprint density at radius 1 is 1.36 bits per heavy atom. The van der Waals surface area contributed by atoms with E-state index in [4.69, 9.17) is 4.74 Å². The normalized spacial score (nSPS) is 10.6. The average Bonchev–Trinajstić information content (AvgIpc) is 2.17. The van der Waals surface area contributed by atoms with Crippen LogP contribution in [0.3, 0.4) is 0 Å². The molecule has 0 aromatic heterocycles. The number of alkyl halides is 2. The van der Waals surface area contributed by atoms with Crippen molar-refractivity contribution in [3.05, 3.63) is 29.8 Å². The summed E-state index contributed by atoms with van der Waals surface area (Å²) in [6.45, 7) is 0.0904. The molecule has 0 radical (unpaired) electrons. The Morgan fingerprint density at radius 3 is 2.71 bits per heavy atom. The SMILES string of the molecule is COCc1ccccc1NCC(F)F. The number of methoxy groups -OCH3 is 1. The van der Waals surface area contributed by atoms with Crippen LogP contribution in [-0.2, 0) is 11.3 Å². The fourth-order valence-electron chi connectivity index (χ4n) is 1.16. The van der Waals surface area contributed by atoms with E-state index in [0.717, 1.165) is 5.56 Å². The molecule has 0 unspecified atom stereocenters. The van der Waals surface area contributed by atoms with Crippen LogP contribution >= 0.6 is 0 Å². The summed E-state index contributed by atoms with van der Waals surface area (Å²) in [4.78, 5) is 0. The van der Waals surface area contributed by atoms with E-state index in [2.05, 4.69) is 5.32 Å². The number of halogens is 2. The summed E-state index contributed by atoms with van der Waals surface area (Å²) in [6.07, 6.45) is -2.34. The number of para-hydroxylation sites is 1. The molecule has 0 saturated carbocycles. The van der Waals surface area contributed by atoms with Gasteiger partial charge in [0.2, 0.25) is 0 Å². The molecule has 0 saturated heterocycles. The Kier molecular flexibility index (Phi) is 4.32. The number of ether oxygens (including phenoxy) is 1. The largest absolute Gasteiger partial charge is 0.380 e. The smallest absolute Gasteiger partial charge is 0.255 e. The first-order valence-corrected chi connectivity index (χ1v) is 4.33. The molecule has 1 N–H and O–H groups in total. The average molecular weight is 201 g/mol. The van der Waals surface area contributed by atoms with Gasteiger partial charge < -0.3 is 10.1 Å². The molecule has 1 aromatic rings. The van der Waals surface area contributed by atoms with Crippen molar-refractivity contribution in [2.24, 2.45) is 0 Å². The molecule has 0 heterocycles. The van der Waals surface area contributed by atoms with E-state index in [0.29, 0.717) is 12.3 Å². The van der Waals surface area contributed by atoms with Crippen molar-refractivity contribution in [3.63, 3.8) is 0 Å². The summed E-state index contributed by atoms with van der Waals surface area (Å²) >= 11 is 0. The van der Waals surface area contributed by atoms with Crippen LogP contribution in [0.15, 0.2) is 24.3 Å². The van der Waals surface area contributed by atoms with Gasteiger partial charge in [-0.25, -0.2) is 8.78 Å². The van der Waals surface area contributed by atoms with Gasteiger partial charge in [-0.3, -0.25) is 0 Å². The number of anilines is 1. The second-order valence-corrected chi connectivity index (χ2v) is 2.86. The molecule has 0 bridgehead atoms. The molecular weight excluding hydrogens is 188 g/mol. The molecule has 4 heteroatoms. The molecule has 0 fully saturated rings. The second-order valence-electron chi connectivity index (χ2n) is 2.86. The third-order valence-corrected chi connectivity index (χ3v) is 1.76. The first kappa shape index (κ1) is 10.9. The van der Waals surface area contributed by atoms with Crippen LogP contribution in [0.2, 0.25) is 0 Å². The molecule has 0 aliphatic heterocycles. The Bertz CT molecular complexity index is 279. The molecule has 0 amide bonds. The van der Waals surface area contributed by atoms with Gasteiger partial charge in [-0.2, -0.15) is 0 Å². The molecule has 1 aromatic carbocycles. The maximum absolute atomic E-state index is 11.9. The fourth-order valence-corrected chi connectivity index (χ4v) is 1.16. The van der Waals surface area contributed by atoms with Gasteiger partial charge in [0.1, 0.15) is 0 Å². The Hall–Kier alpha value is -1.16. The summed E-state index contributed by atoms with van der Waals surface area (Å²) in [6, 6.07) is 7.25. The van der Waals surface area contributed by atoms with Crippen LogP contribution in [-0.4, -0.2) is 20.1 Å². The van der Waals surface area contributed by atoms with Crippen LogP contribution < -0.4 is 5.32 Å². The van der Waals surface area contributed by atoms with Crippen molar-refractivity contribution in [2.45, 2.75) is 13.0 Å². The van der Waals surface area contributed by atoms with Gasteiger partial charge >= 0.3 is 0 Å². The lowest BCUT2D eigenvalue weighted by Crippen LogP contribution is -2.11. The van der Waals surface area contributed by atoms with Crippen molar-refractivity contribution in [1.82, 2.24) is 0 Å². The van der Waals surface area contributed by atoms with Crippen molar-refractivity contribution in [3.8, 4) is 0 Å². The molecule has 78 valence electrons. The van der Waals surface area contributed by atoms with Gasteiger partial charge in [0.05, 0.1) is 13.2 Å². The lowest BCUT2D eigenvalue weighted by Gasteiger charge is -2.10. The van der Waals surface area contributed by atoms with Crippen LogP contribution in [0.4, 0.5) is 14.5 Å². The highest BCUT2D eigenvalue weighted by atomic mass is 19.3. The third-order valence-electron chi connectivity index (χ3n) is 1.76. The van der Waals surface area contributed by atoms with Gasteiger partial charge in [-0.1, -0.05) is 18.2 Å². The maximum atomic E-state index is 11.9. The van der Waals surface area contributed by atoms with Crippen LogP contribution in [0.1, 0.15) is 5.56 Å². The molecule has 1 rings (SSSR count). The van der Waals surface area contributed by atoms with Gasteiger partial charge in [-0.05, 0) is 6.07 Å². The van der Waals surface area contributed by atoms with Crippen molar-refractivity contribution < 1.29 is 13.5 Å². The topological polar surface area (TPSA) is 21.3 Å². The monoisotopic (exact) mass is 201 g/mol. The zero-order valence-corrected chi connectivity index (χ0v) is 7.97. The Labute approximate surface area is 81.9 Å². The van der Waals surface area contributed by atoms with E-state index in [1.165, 1.54) is 0 Å². The fraction of sp³-hybridized carbons (Fsp3) is 0.400. The highest BCUT2D eigenvalue weighted by Crippen LogP contribution is 2.15. The number of hydrogen-bond donors (Lipinski definition) is 1. The Balaban J connectivity index is 2.64. The van der Waals surface area contributed by atoms with Crippen molar-refractivity contribution in [2.75, 3.05) is 19.0 Å². The second kappa shape index (κ2) is 5.54. The first-order chi connectivity index (χ1) is 6.74. The minimum Gasteiger partial charge on any atom is -0.380 e. The first-order valence-electron chi connectivity index (χ1n) is 4.33. The summed E-state index contributed by atoms with van der Waals surface area (Å²) < 4.78 is 28.8.